The van der Waals surface area contributed by atoms with Crippen molar-refractivity contribution in [1.82, 2.24) is 5.43 Å². The summed E-state index contributed by atoms with van der Waals surface area (Å²) in [5.74, 6) is -0.974. The van der Waals surface area contributed by atoms with Crippen LogP contribution in [0.5, 0.6) is 0 Å². The van der Waals surface area contributed by atoms with Gasteiger partial charge < -0.3 is 9.32 Å². The summed E-state index contributed by atoms with van der Waals surface area (Å²) in [7, 11) is 0. The summed E-state index contributed by atoms with van der Waals surface area (Å²) in [6, 6.07) is 16.1. The molecule has 29 heavy (non-hydrogen) atoms. The number of anilines is 1. The topological polar surface area (TPSA) is 92.0 Å². The number of hydrogen-bond donors (Lipinski definition) is 1. The zero-order valence-corrected chi connectivity index (χ0v) is 15.8. The number of fused-ring (bicyclic) bond motifs is 1. The highest BCUT2D eigenvalue weighted by Gasteiger charge is 2.35. The predicted octanol–water partition coefficient (Wildman–Crippen LogP) is 2.60. The highest BCUT2D eigenvalue weighted by atomic mass is 16.4. The van der Waals surface area contributed by atoms with E-state index < -0.39 is 11.5 Å². The van der Waals surface area contributed by atoms with Crippen LogP contribution in [0.3, 0.4) is 0 Å². The average Bonchev–Trinajstić information content (AvgIpc) is 3.10. The quantitative estimate of drug-likeness (QED) is 0.422. The SMILES string of the molecule is Cc1cc(=O)oc2cc(N3CC(C(=O)N/N=C/c4ccccc4)CC3=O)ccc12. The second-order valence-corrected chi connectivity index (χ2v) is 6.98. The minimum atomic E-state index is -0.504. The van der Waals surface area contributed by atoms with E-state index in [-0.39, 0.29) is 24.8 Å². The Bertz CT molecular complexity index is 1170. The standard InChI is InChI=1S/C22H19N3O4/c1-14-9-21(27)29-19-11-17(7-8-18(14)19)25-13-16(10-20(25)26)22(28)24-23-12-15-5-3-2-4-6-15/h2-9,11-12,16H,10,13H2,1H3,(H,24,28)/b23-12+. The first-order chi connectivity index (χ1) is 14.0. The van der Waals surface area contributed by atoms with Crippen molar-refractivity contribution in [3.8, 4) is 0 Å². The zero-order valence-electron chi connectivity index (χ0n) is 15.8. The summed E-state index contributed by atoms with van der Waals surface area (Å²) in [6.45, 7) is 2.07. The average molecular weight is 389 g/mol. The predicted molar refractivity (Wildman–Crippen MR) is 110 cm³/mol. The first kappa shape index (κ1) is 18.6. The molecule has 1 N–H and O–H groups in total. The monoisotopic (exact) mass is 389 g/mol. The van der Waals surface area contributed by atoms with Gasteiger partial charge in [-0.25, -0.2) is 10.2 Å². The molecule has 1 unspecified atom stereocenters. The van der Waals surface area contributed by atoms with Crippen LogP contribution in [0.4, 0.5) is 5.69 Å². The van der Waals surface area contributed by atoms with Gasteiger partial charge in [0.1, 0.15) is 5.58 Å². The molecule has 2 heterocycles. The van der Waals surface area contributed by atoms with Crippen molar-refractivity contribution in [2.24, 2.45) is 11.0 Å². The number of benzene rings is 2. The minimum Gasteiger partial charge on any atom is -0.423 e. The van der Waals surface area contributed by atoms with Gasteiger partial charge >= 0.3 is 5.63 Å². The van der Waals surface area contributed by atoms with Gasteiger partial charge in [0.2, 0.25) is 11.8 Å². The van der Waals surface area contributed by atoms with Crippen LogP contribution >= 0.6 is 0 Å². The Morgan fingerprint density at radius 1 is 1.17 bits per heavy atom. The number of hydrogen-bond acceptors (Lipinski definition) is 5. The minimum absolute atomic E-state index is 0.0997. The first-order valence-corrected chi connectivity index (χ1v) is 9.24. The van der Waals surface area contributed by atoms with E-state index in [1.54, 1.807) is 18.3 Å². The van der Waals surface area contributed by atoms with E-state index in [9.17, 15) is 14.4 Å². The molecule has 4 rings (SSSR count). The maximum Gasteiger partial charge on any atom is 0.336 e. The van der Waals surface area contributed by atoms with Gasteiger partial charge in [-0.2, -0.15) is 5.10 Å². The zero-order chi connectivity index (χ0) is 20.4. The Balaban J connectivity index is 1.47. The summed E-state index contributed by atoms with van der Waals surface area (Å²) in [5.41, 5.74) is 4.75. The van der Waals surface area contributed by atoms with E-state index in [2.05, 4.69) is 10.5 Å². The van der Waals surface area contributed by atoms with Crippen LogP contribution in [0.15, 0.2) is 68.9 Å². The lowest BCUT2D eigenvalue weighted by molar-refractivity contribution is -0.126. The van der Waals surface area contributed by atoms with Crippen molar-refractivity contribution < 1.29 is 14.0 Å². The summed E-state index contributed by atoms with van der Waals surface area (Å²) in [5, 5.41) is 4.77. The van der Waals surface area contributed by atoms with Gasteiger partial charge in [0.05, 0.1) is 12.1 Å². The molecule has 1 aromatic heterocycles. The maximum atomic E-state index is 12.5. The molecule has 0 radical (unpaired) electrons. The van der Waals surface area contributed by atoms with Crippen molar-refractivity contribution in [2.45, 2.75) is 13.3 Å². The second kappa shape index (κ2) is 7.71. The van der Waals surface area contributed by atoms with Crippen molar-refractivity contribution in [1.29, 1.82) is 0 Å². The van der Waals surface area contributed by atoms with Crippen LogP contribution in [0, 0.1) is 12.8 Å². The molecule has 1 fully saturated rings. The lowest BCUT2D eigenvalue weighted by atomic mass is 10.1. The van der Waals surface area contributed by atoms with Crippen molar-refractivity contribution in [3.63, 3.8) is 0 Å². The molecule has 1 saturated heterocycles. The number of aryl methyl sites for hydroxylation is 1. The normalized spacial score (nSPS) is 16.7. The van der Waals surface area contributed by atoms with Crippen LogP contribution in [0.25, 0.3) is 11.0 Å². The van der Waals surface area contributed by atoms with Gasteiger partial charge in [0, 0.05) is 36.2 Å². The van der Waals surface area contributed by atoms with Crippen molar-refractivity contribution >= 4 is 34.7 Å². The Kier molecular flexibility index (Phi) is 4.95. The van der Waals surface area contributed by atoms with Gasteiger partial charge in [-0.1, -0.05) is 30.3 Å². The number of nitrogens with one attached hydrogen (secondary N) is 1. The molecule has 1 aliphatic heterocycles. The molecule has 3 aromatic rings. The molecule has 0 aliphatic carbocycles. The molecule has 2 aromatic carbocycles. The van der Waals surface area contributed by atoms with Gasteiger partial charge in [0.15, 0.2) is 0 Å². The van der Waals surface area contributed by atoms with Gasteiger partial charge in [-0.05, 0) is 30.2 Å². The fourth-order valence-electron chi connectivity index (χ4n) is 3.42. The van der Waals surface area contributed by atoms with Crippen molar-refractivity contribution in [3.05, 3.63) is 76.1 Å². The van der Waals surface area contributed by atoms with Crippen LogP contribution in [0.1, 0.15) is 17.5 Å². The number of carbonyl (C=O) groups excluding carboxylic acids is 2. The van der Waals surface area contributed by atoms with Crippen LogP contribution in [-0.4, -0.2) is 24.6 Å². The van der Waals surface area contributed by atoms with Crippen LogP contribution < -0.4 is 16.0 Å². The Morgan fingerprint density at radius 3 is 2.76 bits per heavy atom. The summed E-state index contributed by atoms with van der Waals surface area (Å²) in [4.78, 5) is 38.0. The lowest BCUT2D eigenvalue weighted by Gasteiger charge is -2.17. The lowest BCUT2D eigenvalue weighted by Crippen LogP contribution is -2.30. The molecule has 0 saturated carbocycles. The first-order valence-electron chi connectivity index (χ1n) is 9.24. The van der Waals surface area contributed by atoms with E-state index in [4.69, 9.17) is 4.42 Å². The highest BCUT2D eigenvalue weighted by molar-refractivity contribution is 6.01. The molecule has 0 spiro atoms. The molecule has 1 atom stereocenters. The largest absolute Gasteiger partial charge is 0.423 e. The third-order valence-corrected chi connectivity index (χ3v) is 4.93. The van der Waals surface area contributed by atoms with E-state index >= 15 is 0 Å². The summed E-state index contributed by atoms with van der Waals surface area (Å²) in [6.07, 6.45) is 1.66. The third-order valence-electron chi connectivity index (χ3n) is 4.93. The number of hydrazone groups is 1. The molecule has 7 heteroatoms. The Labute approximate surface area is 166 Å². The van der Waals surface area contributed by atoms with E-state index in [0.717, 1.165) is 16.5 Å². The van der Waals surface area contributed by atoms with Gasteiger partial charge in [0.25, 0.3) is 0 Å². The molecule has 0 bridgehead atoms. The molecule has 7 nitrogen and oxygen atoms in total. The van der Waals surface area contributed by atoms with Gasteiger partial charge in [-0.3, -0.25) is 9.59 Å². The second-order valence-electron chi connectivity index (χ2n) is 6.98. The van der Waals surface area contributed by atoms with E-state index in [1.165, 1.54) is 11.0 Å². The smallest absolute Gasteiger partial charge is 0.336 e. The van der Waals surface area contributed by atoms with Crippen molar-refractivity contribution in [2.75, 3.05) is 11.4 Å². The van der Waals surface area contributed by atoms with E-state index in [1.807, 2.05) is 43.3 Å². The Hall–Kier alpha value is -3.74. The van der Waals surface area contributed by atoms with Crippen LogP contribution in [0.2, 0.25) is 0 Å². The molecular weight excluding hydrogens is 370 g/mol. The Morgan fingerprint density at radius 2 is 1.97 bits per heavy atom. The molecule has 1 aliphatic rings. The fourth-order valence-corrected chi connectivity index (χ4v) is 3.42. The molecular formula is C22H19N3O4. The number of nitrogens with zero attached hydrogens (tertiary/aromatic N) is 2. The highest BCUT2D eigenvalue weighted by Crippen LogP contribution is 2.28. The number of carbonyl (C=O) groups is 2. The third kappa shape index (κ3) is 3.94. The molecule has 146 valence electrons. The summed E-state index contributed by atoms with van der Waals surface area (Å²) >= 11 is 0. The fraction of sp³-hybridized carbons (Fsp3) is 0.182. The molecule has 2 amide bonds. The summed E-state index contributed by atoms with van der Waals surface area (Å²) < 4.78 is 5.26. The van der Waals surface area contributed by atoms with E-state index in [0.29, 0.717) is 11.3 Å². The van der Waals surface area contributed by atoms with Crippen LogP contribution in [-0.2, 0) is 9.59 Å². The van der Waals surface area contributed by atoms with Gasteiger partial charge in [-0.15, -0.1) is 0 Å². The number of rotatable bonds is 4. The maximum absolute atomic E-state index is 12.5. The number of amides is 2.